The summed E-state index contributed by atoms with van der Waals surface area (Å²) in [6.45, 7) is 0.482. The van der Waals surface area contributed by atoms with Crippen molar-refractivity contribution in [3.05, 3.63) is 70.9 Å². The Morgan fingerprint density at radius 2 is 1.79 bits per heavy atom. The van der Waals surface area contributed by atoms with Gasteiger partial charge < -0.3 is 26.3 Å². The van der Waals surface area contributed by atoms with Crippen LogP contribution in [0.2, 0.25) is 0 Å². The minimum Gasteiger partial charge on any atom is -0.480 e. The zero-order chi connectivity index (χ0) is 21.2. The number of para-hydroxylation sites is 1. The highest BCUT2D eigenvalue weighted by Gasteiger charge is 2.09. The first-order valence-corrected chi connectivity index (χ1v) is 9.03. The number of hydrogen-bond donors (Lipinski definition) is 5. The van der Waals surface area contributed by atoms with Crippen molar-refractivity contribution in [2.45, 2.75) is 18.9 Å². The molecule has 0 saturated heterocycles. The Labute approximate surface area is 167 Å². The highest BCUT2D eigenvalue weighted by Crippen LogP contribution is 2.21. The van der Waals surface area contributed by atoms with Crippen LogP contribution < -0.4 is 22.2 Å². The third-order valence-corrected chi connectivity index (χ3v) is 4.02. The lowest BCUT2D eigenvalue weighted by atomic mass is 10.1. The first-order valence-electron chi connectivity index (χ1n) is 9.03. The summed E-state index contributed by atoms with van der Waals surface area (Å²) in [5.41, 5.74) is 11.7. The van der Waals surface area contributed by atoms with Crippen LogP contribution in [0.5, 0.6) is 0 Å². The van der Waals surface area contributed by atoms with Crippen molar-refractivity contribution in [3.63, 3.8) is 0 Å². The molecule has 3 aromatic rings. The van der Waals surface area contributed by atoms with Crippen LogP contribution in [0.1, 0.15) is 12.8 Å². The van der Waals surface area contributed by atoms with Crippen molar-refractivity contribution in [2.75, 3.05) is 6.54 Å². The normalized spacial score (nSPS) is 11.2. The van der Waals surface area contributed by atoms with E-state index in [9.17, 15) is 9.59 Å². The standard InChI is InChI=1S/C15H10O2.C6H14N4O2/c16-13-10-15(11-6-2-1-3-7-11)17-14-9-5-4-8-12(13)14;7-4(5(11)12)2-1-3-10-6(8)9/h1-10H;4H,1-3,7H2,(H,11,12)(H4,8,9,10). The number of guanidine groups is 1. The Morgan fingerprint density at radius 3 is 2.45 bits per heavy atom. The Kier molecular flexibility index (Phi) is 7.93. The number of benzene rings is 2. The van der Waals surface area contributed by atoms with Crippen LogP contribution in [0.25, 0.3) is 22.3 Å². The van der Waals surface area contributed by atoms with Crippen molar-refractivity contribution in [3.8, 4) is 11.3 Å². The highest BCUT2D eigenvalue weighted by molar-refractivity contribution is 5.78. The maximum atomic E-state index is 11.9. The fourth-order valence-corrected chi connectivity index (χ4v) is 2.52. The van der Waals surface area contributed by atoms with Gasteiger partial charge in [-0.1, -0.05) is 42.5 Å². The molecule has 7 N–H and O–H groups in total. The number of carbonyl (C=O) groups is 1. The lowest BCUT2D eigenvalue weighted by Gasteiger charge is -2.06. The molecule has 0 aliphatic heterocycles. The molecule has 152 valence electrons. The SMILES string of the molecule is N=C(N)NCCCC(N)C(=O)O.O=c1cc(-c2ccccc2)oc2ccccc12. The quantitative estimate of drug-likeness (QED) is 0.243. The van der Waals surface area contributed by atoms with Gasteiger partial charge in [-0.3, -0.25) is 15.0 Å². The molecular formula is C21H24N4O4. The molecule has 0 amide bonds. The number of carboxylic acids is 1. The van der Waals surface area contributed by atoms with E-state index in [0.29, 0.717) is 36.1 Å². The number of carboxylic acid groups (broad SMARTS) is 1. The summed E-state index contributed by atoms with van der Waals surface area (Å²) in [6, 6.07) is 17.6. The Bertz CT molecular complexity index is 1020. The molecule has 0 saturated carbocycles. The first-order chi connectivity index (χ1) is 13.9. The summed E-state index contributed by atoms with van der Waals surface area (Å²) in [5.74, 6) is -0.508. The fourth-order valence-electron chi connectivity index (χ4n) is 2.52. The van der Waals surface area contributed by atoms with Crippen molar-refractivity contribution in [1.29, 1.82) is 5.41 Å². The number of hydrogen-bond acceptors (Lipinski definition) is 5. The van der Waals surface area contributed by atoms with Gasteiger partial charge in [0.1, 0.15) is 17.4 Å². The molecule has 0 spiro atoms. The minimum absolute atomic E-state index is 0.00861. The first kappa shape index (κ1) is 21.6. The van der Waals surface area contributed by atoms with E-state index in [-0.39, 0.29) is 11.4 Å². The number of aliphatic carboxylic acids is 1. The van der Waals surface area contributed by atoms with E-state index in [0.717, 1.165) is 5.56 Å². The fraction of sp³-hybridized carbons (Fsp3) is 0.190. The number of rotatable bonds is 6. The van der Waals surface area contributed by atoms with E-state index >= 15 is 0 Å². The van der Waals surface area contributed by atoms with Crippen LogP contribution in [0.3, 0.4) is 0 Å². The molecule has 0 fully saturated rings. The summed E-state index contributed by atoms with van der Waals surface area (Å²) in [7, 11) is 0. The van der Waals surface area contributed by atoms with E-state index in [2.05, 4.69) is 5.32 Å². The molecule has 29 heavy (non-hydrogen) atoms. The topological polar surface area (TPSA) is 155 Å². The Morgan fingerprint density at radius 1 is 1.14 bits per heavy atom. The highest BCUT2D eigenvalue weighted by atomic mass is 16.4. The summed E-state index contributed by atoms with van der Waals surface area (Å²) in [5, 5.41) is 18.3. The summed E-state index contributed by atoms with van der Waals surface area (Å²) >= 11 is 0. The van der Waals surface area contributed by atoms with E-state index in [1.54, 1.807) is 6.07 Å². The van der Waals surface area contributed by atoms with E-state index in [1.807, 2.05) is 48.5 Å². The van der Waals surface area contributed by atoms with Gasteiger partial charge in [0, 0.05) is 18.2 Å². The van der Waals surface area contributed by atoms with Gasteiger partial charge in [-0.25, -0.2) is 0 Å². The van der Waals surface area contributed by atoms with Crippen LogP contribution in [0.4, 0.5) is 0 Å². The van der Waals surface area contributed by atoms with E-state index in [1.165, 1.54) is 6.07 Å². The van der Waals surface area contributed by atoms with Crippen molar-refractivity contribution in [2.24, 2.45) is 11.5 Å². The van der Waals surface area contributed by atoms with Crippen molar-refractivity contribution >= 4 is 22.9 Å². The molecule has 8 heteroatoms. The van der Waals surface area contributed by atoms with Crippen molar-refractivity contribution < 1.29 is 14.3 Å². The maximum Gasteiger partial charge on any atom is 0.320 e. The van der Waals surface area contributed by atoms with Crippen LogP contribution in [-0.4, -0.2) is 29.6 Å². The zero-order valence-corrected chi connectivity index (χ0v) is 15.8. The van der Waals surface area contributed by atoms with Gasteiger partial charge in [0.15, 0.2) is 11.4 Å². The molecule has 2 aromatic carbocycles. The molecule has 0 radical (unpaired) electrons. The lowest BCUT2D eigenvalue weighted by molar-refractivity contribution is -0.138. The second kappa shape index (κ2) is 10.6. The summed E-state index contributed by atoms with van der Waals surface area (Å²) in [4.78, 5) is 22.1. The predicted molar refractivity (Wildman–Crippen MR) is 113 cm³/mol. The van der Waals surface area contributed by atoms with Gasteiger partial charge in [0.2, 0.25) is 0 Å². The Hall–Kier alpha value is -3.65. The summed E-state index contributed by atoms with van der Waals surface area (Å²) in [6.07, 6.45) is 0.975. The molecule has 3 rings (SSSR count). The van der Waals surface area contributed by atoms with Gasteiger partial charge in [-0.05, 0) is 25.0 Å². The number of nitrogens with two attached hydrogens (primary N) is 2. The average Bonchev–Trinajstić information content (AvgIpc) is 2.72. The third-order valence-electron chi connectivity index (χ3n) is 4.02. The molecule has 1 aromatic heterocycles. The second-order valence-corrected chi connectivity index (χ2v) is 6.26. The van der Waals surface area contributed by atoms with Crippen LogP contribution in [-0.2, 0) is 4.79 Å². The predicted octanol–water partition coefficient (Wildman–Crippen LogP) is 2.12. The second-order valence-electron chi connectivity index (χ2n) is 6.26. The van der Waals surface area contributed by atoms with Crippen LogP contribution in [0, 0.1) is 5.41 Å². The van der Waals surface area contributed by atoms with Gasteiger partial charge in [-0.15, -0.1) is 0 Å². The molecule has 0 bridgehead atoms. The monoisotopic (exact) mass is 396 g/mol. The summed E-state index contributed by atoms with van der Waals surface area (Å²) < 4.78 is 5.73. The molecule has 1 heterocycles. The lowest BCUT2D eigenvalue weighted by Crippen LogP contribution is -2.34. The molecular weight excluding hydrogens is 372 g/mol. The van der Waals surface area contributed by atoms with Crippen molar-refractivity contribution in [1.82, 2.24) is 5.32 Å². The molecule has 0 aliphatic carbocycles. The van der Waals surface area contributed by atoms with Crippen LogP contribution in [0.15, 0.2) is 69.9 Å². The molecule has 8 nitrogen and oxygen atoms in total. The molecule has 1 unspecified atom stereocenters. The molecule has 0 aliphatic rings. The average molecular weight is 396 g/mol. The minimum atomic E-state index is -1.00. The van der Waals surface area contributed by atoms with Gasteiger partial charge in [0.05, 0.1) is 5.39 Å². The Balaban J connectivity index is 0.000000223. The molecule has 1 atom stereocenters. The largest absolute Gasteiger partial charge is 0.480 e. The van der Waals surface area contributed by atoms with Gasteiger partial charge in [-0.2, -0.15) is 0 Å². The van der Waals surface area contributed by atoms with Crippen LogP contribution >= 0.6 is 0 Å². The van der Waals surface area contributed by atoms with Gasteiger partial charge >= 0.3 is 5.97 Å². The number of fused-ring (bicyclic) bond motifs is 1. The zero-order valence-electron chi connectivity index (χ0n) is 15.8. The van der Waals surface area contributed by atoms with E-state index < -0.39 is 12.0 Å². The number of nitrogens with one attached hydrogen (secondary N) is 2. The maximum absolute atomic E-state index is 11.9. The van der Waals surface area contributed by atoms with E-state index in [4.69, 9.17) is 26.4 Å². The van der Waals surface area contributed by atoms with Gasteiger partial charge in [0.25, 0.3) is 0 Å². The smallest absolute Gasteiger partial charge is 0.320 e. The third kappa shape index (κ3) is 6.78.